The lowest BCUT2D eigenvalue weighted by Crippen LogP contribution is -2.17. The van der Waals surface area contributed by atoms with Crippen LogP contribution in [0.1, 0.15) is 16.4 Å². The van der Waals surface area contributed by atoms with Crippen molar-refractivity contribution in [2.24, 2.45) is 0 Å². The van der Waals surface area contributed by atoms with Gasteiger partial charge in [0.1, 0.15) is 5.25 Å². The minimum absolute atomic E-state index is 0.232. The van der Waals surface area contributed by atoms with E-state index in [0.29, 0.717) is 5.56 Å². The van der Waals surface area contributed by atoms with Gasteiger partial charge < -0.3 is 5.11 Å². The second-order valence-electron chi connectivity index (χ2n) is 5.64. The predicted octanol–water partition coefficient (Wildman–Crippen LogP) is 3.66. The highest BCUT2D eigenvalue weighted by molar-refractivity contribution is 7.91. The number of hydrogen-bond donors (Lipinski definition) is 1. The maximum Gasteiger partial charge on any atom is 0.187 e. The summed E-state index contributed by atoms with van der Waals surface area (Å²) in [5, 5.41) is 10.8. The molecule has 0 aliphatic rings. The molecule has 4 heteroatoms. The summed E-state index contributed by atoms with van der Waals surface area (Å²) in [6, 6.07) is 20.0. The molecule has 0 fully saturated rings. The van der Waals surface area contributed by atoms with E-state index in [4.69, 9.17) is 0 Å². The van der Waals surface area contributed by atoms with Crippen molar-refractivity contribution in [1.29, 1.82) is 0 Å². The molecule has 0 aliphatic heterocycles. The van der Waals surface area contributed by atoms with Crippen LogP contribution in [0, 0.1) is 6.92 Å². The van der Waals surface area contributed by atoms with E-state index in [-0.39, 0.29) is 4.90 Å². The van der Waals surface area contributed by atoms with Crippen LogP contribution in [0.25, 0.3) is 10.8 Å². The molecule has 3 aromatic carbocycles. The van der Waals surface area contributed by atoms with Gasteiger partial charge in [0.05, 0.1) is 11.5 Å². The molecule has 0 saturated heterocycles. The number of hydrogen-bond acceptors (Lipinski definition) is 3. The Labute approximate surface area is 136 Å². The van der Waals surface area contributed by atoms with Gasteiger partial charge in [0.2, 0.25) is 0 Å². The van der Waals surface area contributed by atoms with Crippen LogP contribution in [0.5, 0.6) is 0 Å². The van der Waals surface area contributed by atoms with E-state index in [9.17, 15) is 13.5 Å². The molecule has 0 heterocycles. The zero-order valence-electron chi connectivity index (χ0n) is 12.8. The van der Waals surface area contributed by atoms with Gasteiger partial charge in [-0.2, -0.15) is 0 Å². The van der Waals surface area contributed by atoms with E-state index < -0.39 is 21.7 Å². The van der Waals surface area contributed by atoms with Crippen LogP contribution in [0.3, 0.4) is 0 Å². The van der Waals surface area contributed by atoms with Crippen molar-refractivity contribution in [2.75, 3.05) is 6.61 Å². The third-order valence-electron chi connectivity index (χ3n) is 4.04. The highest BCUT2D eigenvalue weighted by atomic mass is 32.2. The molecule has 0 unspecified atom stereocenters. The summed E-state index contributed by atoms with van der Waals surface area (Å²) in [5.74, 6) is 0. The molecule has 0 saturated carbocycles. The maximum atomic E-state index is 12.9. The predicted molar refractivity (Wildman–Crippen MR) is 92.1 cm³/mol. The van der Waals surface area contributed by atoms with Crippen molar-refractivity contribution in [3.05, 3.63) is 77.9 Å². The number of aliphatic hydroxyl groups excluding tert-OH is 1. The van der Waals surface area contributed by atoms with E-state index in [1.54, 1.807) is 30.3 Å². The van der Waals surface area contributed by atoms with Crippen molar-refractivity contribution in [3.8, 4) is 0 Å². The van der Waals surface area contributed by atoms with E-state index >= 15 is 0 Å². The summed E-state index contributed by atoms with van der Waals surface area (Å²) >= 11 is 0. The van der Waals surface area contributed by atoms with Gasteiger partial charge in [-0.1, -0.05) is 54.1 Å². The summed E-state index contributed by atoms with van der Waals surface area (Å²) in [7, 11) is -3.64. The molecule has 0 aliphatic carbocycles. The summed E-state index contributed by atoms with van der Waals surface area (Å²) < 4.78 is 25.7. The second-order valence-corrected chi connectivity index (χ2v) is 7.77. The van der Waals surface area contributed by atoms with E-state index in [2.05, 4.69) is 0 Å². The fraction of sp³-hybridized carbons (Fsp3) is 0.158. The van der Waals surface area contributed by atoms with Gasteiger partial charge in [-0.3, -0.25) is 0 Å². The Bertz CT molecular complexity index is 928. The summed E-state index contributed by atoms with van der Waals surface area (Å²) in [6.45, 7) is 1.46. The topological polar surface area (TPSA) is 54.4 Å². The first-order valence-corrected chi connectivity index (χ1v) is 8.97. The highest BCUT2D eigenvalue weighted by Gasteiger charge is 2.28. The van der Waals surface area contributed by atoms with E-state index in [1.807, 2.05) is 43.3 Å². The SMILES string of the molecule is Cc1ccc(S(=O)(=O)[C@H](CO)c2ccc3ccccc3c2)cc1. The first kappa shape index (κ1) is 15.7. The second kappa shape index (κ2) is 6.14. The molecule has 0 radical (unpaired) electrons. The Morgan fingerprint density at radius 2 is 1.57 bits per heavy atom. The molecule has 1 N–H and O–H groups in total. The van der Waals surface area contributed by atoms with Gasteiger partial charge in [-0.05, 0) is 41.5 Å². The summed E-state index contributed by atoms with van der Waals surface area (Å²) in [5.41, 5.74) is 1.60. The average molecular weight is 326 g/mol. The zero-order chi connectivity index (χ0) is 16.4. The molecule has 0 amide bonds. The van der Waals surface area contributed by atoms with Crippen LogP contribution in [0.4, 0.5) is 0 Å². The smallest absolute Gasteiger partial charge is 0.187 e. The fourth-order valence-corrected chi connectivity index (χ4v) is 4.23. The van der Waals surface area contributed by atoms with E-state index in [0.717, 1.165) is 16.3 Å². The van der Waals surface area contributed by atoms with Gasteiger partial charge in [-0.25, -0.2) is 8.42 Å². The number of sulfone groups is 1. The summed E-state index contributed by atoms with van der Waals surface area (Å²) in [4.78, 5) is 0.232. The number of aliphatic hydroxyl groups is 1. The minimum Gasteiger partial charge on any atom is -0.395 e. The molecule has 0 aromatic heterocycles. The monoisotopic (exact) mass is 326 g/mol. The molecule has 0 spiro atoms. The van der Waals surface area contributed by atoms with Crippen LogP contribution in [-0.2, 0) is 9.84 Å². The number of benzene rings is 3. The lowest BCUT2D eigenvalue weighted by atomic mass is 10.1. The first-order chi connectivity index (χ1) is 11.0. The third kappa shape index (κ3) is 3.00. The van der Waals surface area contributed by atoms with Crippen LogP contribution < -0.4 is 0 Å². The van der Waals surface area contributed by atoms with Crippen molar-refractivity contribution in [2.45, 2.75) is 17.1 Å². The van der Waals surface area contributed by atoms with Gasteiger partial charge in [0, 0.05) is 0 Å². The van der Waals surface area contributed by atoms with Gasteiger partial charge in [0.15, 0.2) is 9.84 Å². The molecule has 0 bridgehead atoms. The Morgan fingerprint density at radius 1 is 0.913 bits per heavy atom. The molecule has 3 rings (SSSR count). The molecular formula is C19H18O3S. The molecule has 1 atom stereocenters. The van der Waals surface area contributed by atoms with Crippen molar-refractivity contribution in [1.82, 2.24) is 0 Å². The van der Waals surface area contributed by atoms with Crippen molar-refractivity contribution < 1.29 is 13.5 Å². The van der Waals surface area contributed by atoms with Crippen LogP contribution in [0.2, 0.25) is 0 Å². The largest absolute Gasteiger partial charge is 0.395 e. The Morgan fingerprint density at radius 3 is 2.22 bits per heavy atom. The number of aryl methyl sites for hydroxylation is 1. The van der Waals surface area contributed by atoms with Gasteiger partial charge in [0.25, 0.3) is 0 Å². The van der Waals surface area contributed by atoms with Gasteiger partial charge >= 0.3 is 0 Å². The standard InChI is InChI=1S/C19H18O3S/c1-14-6-10-18(11-7-14)23(21,22)19(13-20)17-9-8-15-4-2-3-5-16(15)12-17/h2-12,19-20H,13H2,1H3/t19-/m1/s1. The van der Waals surface area contributed by atoms with Gasteiger partial charge in [-0.15, -0.1) is 0 Å². The van der Waals surface area contributed by atoms with Crippen LogP contribution in [0.15, 0.2) is 71.6 Å². The first-order valence-electron chi connectivity index (χ1n) is 7.42. The molecule has 3 aromatic rings. The zero-order valence-corrected chi connectivity index (χ0v) is 13.6. The van der Waals surface area contributed by atoms with Crippen LogP contribution >= 0.6 is 0 Å². The van der Waals surface area contributed by atoms with Crippen LogP contribution in [-0.4, -0.2) is 20.1 Å². The molecule has 118 valence electrons. The Hall–Kier alpha value is -2.17. The van der Waals surface area contributed by atoms with Crippen molar-refractivity contribution in [3.63, 3.8) is 0 Å². The Balaban J connectivity index is 2.08. The summed E-state index contributed by atoms with van der Waals surface area (Å²) in [6.07, 6.45) is 0. The lowest BCUT2D eigenvalue weighted by Gasteiger charge is -2.16. The minimum atomic E-state index is -3.64. The molecular weight excluding hydrogens is 308 g/mol. The fourth-order valence-electron chi connectivity index (χ4n) is 2.68. The molecule has 3 nitrogen and oxygen atoms in total. The molecule has 23 heavy (non-hydrogen) atoms. The van der Waals surface area contributed by atoms with Crippen molar-refractivity contribution >= 4 is 20.6 Å². The lowest BCUT2D eigenvalue weighted by molar-refractivity contribution is 0.291. The third-order valence-corrected chi connectivity index (χ3v) is 6.13. The Kier molecular flexibility index (Phi) is 4.20. The number of rotatable bonds is 4. The quantitative estimate of drug-likeness (QED) is 0.796. The maximum absolute atomic E-state index is 12.9. The number of fused-ring (bicyclic) bond motifs is 1. The normalized spacial score (nSPS) is 13.1. The average Bonchev–Trinajstić information content (AvgIpc) is 2.55. The van der Waals surface area contributed by atoms with E-state index in [1.165, 1.54) is 0 Å². The highest BCUT2D eigenvalue weighted by Crippen LogP contribution is 2.30.